The molecule has 0 spiro atoms. The first kappa shape index (κ1) is 23.9. The summed E-state index contributed by atoms with van der Waals surface area (Å²) in [7, 11) is 1.66. The summed E-state index contributed by atoms with van der Waals surface area (Å²) in [5, 5.41) is 0. The minimum absolute atomic E-state index is 0.0631. The molecule has 1 aliphatic carbocycles. The maximum Gasteiger partial charge on any atom is 0.254 e. The van der Waals surface area contributed by atoms with Crippen molar-refractivity contribution >= 4 is 11.8 Å². The molecule has 0 N–H and O–H groups in total. The van der Waals surface area contributed by atoms with Crippen LogP contribution in [0.3, 0.4) is 0 Å². The SMILES string of the molecule is CCN1CCN(C(=O)[C@H]2c3ccccc3C(=O)N(C3CCCCC3)[C@@H]2c2ccc(OC)cc2)CC1. The van der Waals surface area contributed by atoms with Gasteiger partial charge < -0.3 is 19.4 Å². The van der Waals surface area contributed by atoms with Crippen LogP contribution in [0.25, 0.3) is 0 Å². The Labute approximate surface area is 208 Å². The van der Waals surface area contributed by atoms with Crippen LogP contribution >= 0.6 is 0 Å². The molecule has 0 aromatic heterocycles. The van der Waals surface area contributed by atoms with Gasteiger partial charge in [0.15, 0.2) is 0 Å². The summed E-state index contributed by atoms with van der Waals surface area (Å²) in [4.78, 5) is 34.8. The summed E-state index contributed by atoms with van der Waals surface area (Å²) >= 11 is 0. The first-order chi connectivity index (χ1) is 17.1. The third-order valence-corrected chi connectivity index (χ3v) is 8.20. The number of likely N-dealkylation sites (N-methyl/N-ethyl adjacent to an activating group) is 1. The molecule has 35 heavy (non-hydrogen) atoms. The van der Waals surface area contributed by atoms with Gasteiger partial charge in [0, 0.05) is 37.8 Å². The second-order valence-electron chi connectivity index (χ2n) is 10.0. The Morgan fingerprint density at radius 3 is 2.29 bits per heavy atom. The minimum Gasteiger partial charge on any atom is -0.497 e. The molecule has 2 fully saturated rings. The maximum atomic E-state index is 14.3. The van der Waals surface area contributed by atoms with Crippen LogP contribution in [0.2, 0.25) is 0 Å². The Morgan fingerprint density at radius 2 is 1.63 bits per heavy atom. The summed E-state index contributed by atoms with van der Waals surface area (Å²) in [6, 6.07) is 15.6. The number of carbonyl (C=O) groups excluding carboxylic acids is 2. The predicted octanol–water partition coefficient (Wildman–Crippen LogP) is 4.47. The Kier molecular flexibility index (Phi) is 7.09. The normalized spacial score (nSPS) is 23.8. The van der Waals surface area contributed by atoms with Gasteiger partial charge in [-0.3, -0.25) is 9.59 Å². The molecule has 3 aliphatic rings. The number of methoxy groups -OCH3 is 1. The highest BCUT2D eigenvalue weighted by Gasteiger charge is 2.47. The minimum atomic E-state index is -0.410. The third-order valence-electron chi connectivity index (χ3n) is 8.20. The number of hydrogen-bond acceptors (Lipinski definition) is 4. The van der Waals surface area contributed by atoms with E-state index >= 15 is 0 Å². The van der Waals surface area contributed by atoms with Crippen molar-refractivity contribution < 1.29 is 14.3 Å². The van der Waals surface area contributed by atoms with Crippen molar-refractivity contribution in [2.24, 2.45) is 0 Å². The van der Waals surface area contributed by atoms with Crippen LogP contribution in [0.15, 0.2) is 48.5 Å². The van der Waals surface area contributed by atoms with E-state index < -0.39 is 5.92 Å². The molecule has 2 heterocycles. The molecule has 6 heteroatoms. The van der Waals surface area contributed by atoms with Crippen molar-refractivity contribution in [2.45, 2.75) is 57.0 Å². The summed E-state index contributed by atoms with van der Waals surface area (Å²) in [5.41, 5.74) is 2.56. The Hall–Kier alpha value is -2.86. The fraction of sp³-hybridized carbons (Fsp3) is 0.517. The number of ether oxygens (including phenoxy) is 1. The van der Waals surface area contributed by atoms with Gasteiger partial charge in [-0.25, -0.2) is 0 Å². The molecule has 0 bridgehead atoms. The van der Waals surface area contributed by atoms with Crippen molar-refractivity contribution in [1.29, 1.82) is 0 Å². The van der Waals surface area contributed by atoms with E-state index in [1.54, 1.807) is 7.11 Å². The lowest BCUT2D eigenvalue weighted by molar-refractivity contribution is -0.136. The highest BCUT2D eigenvalue weighted by molar-refractivity contribution is 6.01. The lowest BCUT2D eigenvalue weighted by Gasteiger charge is -2.48. The molecular formula is C29H37N3O3. The third kappa shape index (κ3) is 4.56. The highest BCUT2D eigenvalue weighted by atomic mass is 16.5. The second kappa shape index (κ2) is 10.4. The molecular weight excluding hydrogens is 438 g/mol. The smallest absolute Gasteiger partial charge is 0.254 e. The number of fused-ring (bicyclic) bond motifs is 1. The first-order valence-electron chi connectivity index (χ1n) is 13.2. The molecule has 1 saturated heterocycles. The van der Waals surface area contributed by atoms with Gasteiger partial charge in [-0.2, -0.15) is 0 Å². The molecule has 6 nitrogen and oxygen atoms in total. The second-order valence-corrected chi connectivity index (χ2v) is 10.0. The number of amides is 2. The van der Waals surface area contributed by atoms with Gasteiger partial charge in [-0.15, -0.1) is 0 Å². The van der Waals surface area contributed by atoms with Crippen LogP contribution in [-0.4, -0.2) is 72.4 Å². The van der Waals surface area contributed by atoms with Gasteiger partial charge in [0.05, 0.1) is 19.1 Å². The number of carbonyl (C=O) groups is 2. The van der Waals surface area contributed by atoms with Crippen LogP contribution in [0.4, 0.5) is 0 Å². The van der Waals surface area contributed by atoms with Crippen LogP contribution in [0.5, 0.6) is 5.75 Å². The molecule has 186 valence electrons. The topological polar surface area (TPSA) is 53.1 Å². The molecule has 5 rings (SSSR count). The zero-order valence-electron chi connectivity index (χ0n) is 21.0. The van der Waals surface area contributed by atoms with E-state index in [1.165, 1.54) is 6.42 Å². The fourth-order valence-electron chi connectivity index (χ4n) is 6.21. The van der Waals surface area contributed by atoms with Crippen molar-refractivity contribution in [1.82, 2.24) is 14.7 Å². The molecule has 2 aromatic rings. The number of benzene rings is 2. The van der Waals surface area contributed by atoms with Crippen LogP contribution < -0.4 is 4.74 Å². The number of nitrogens with zero attached hydrogens (tertiary/aromatic N) is 3. The monoisotopic (exact) mass is 475 g/mol. The molecule has 0 unspecified atom stereocenters. The molecule has 2 aromatic carbocycles. The first-order valence-corrected chi connectivity index (χ1v) is 13.2. The van der Waals surface area contributed by atoms with Gasteiger partial charge >= 0.3 is 0 Å². The average Bonchev–Trinajstić information content (AvgIpc) is 2.93. The quantitative estimate of drug-likeness (QED) is 0.640. The largest absolute Gasteiger partial charge is 0.497 e. The van der Waals surface area contributed by atoms with Crippen LogP contribution in [0, 0.1) is 0 Å². The number of piperazine rings is 1. The van der Waals surface area contributed by atoms with Crippen LogP contribution in [0.1, 0.15) is 72.5 Å². The van der Waals surface area contributed by atoms with E-state index in [9.17, 15) is 9.59 Å². The molecule has 2 atom stereocenters. The summed E-state index contributed by atoms with van der Waals surface area (Å²) in [6.45, 7) is 6.44. The summed E-state index contributed by atoms with van der Waals surface area (Å²) in [6.07, 6.45) is 5.46. The van der Waals surface area contributed by atoms with E-state index in [4.69, 9.17) is 4.74 Å². The van der Waals surface area contributed by atoms with Crippen molar-refractivity contribution in [3.8, 4) is 5.75 Å². The standard InChI is InChI=1S/C29H37N3O3/c1-3-30-17-19-31(20-18-30)29(34)26-24-11-7-8-12-25(24)28(33)32(22-9-5-4-6-10-22)27(26)21-13-15-23(35-2)16-14-21/h7-8,11-16,22,26-27H,3-6,9-10,17-20H2,1-2H3/t26-,27+/m0/s1. The van der Waals surface area contributed by atoms with E-state index in [0.717, 1.165) is 75.3 Å². The van der Waals surface area contributed by atoms with Gasteiger partial charge in [0.25, 0.3) is 5.91 Å². The predicted molar refractivity (Wildman–Crippen MR) is 137 cm³/mol. The maximum absolute atomic E-state index is 14.3. The van der Waals surface area contributed by atoms with E-state index in [0.29, 0.717) is 5.56 Å². The Morgan fingerprint density at radius 1 is 0.943 bits per heavy atom. The van der Waals surface area contributed by atoms with Crippen LogP contribution in [-0.2, 0) is 4.79 Å². The molecule has 2 aliphatic heterocycles. The number of rotatable bonds is 5. The zero-order chi connectivity index (χ0) is 24.4. The van der Waals surface area contributed by atoms with Gasteiger partial charge in [0.1, 0.15) is 5.75 Å². The van der Waals surface area contributed by atoms with E-state index in [1.807, 2.05) is 53.4 Å². The van der Waals surface area contributed by atoms with E-state index in [2.05, 4.69) is 16.7 Å². The van der Waals surface area contributed by atoms with Crippen molar-refractivity contribution in [2.75, 3.05) is 39.8 Å². The fourth-order valence-corrected chi connectivity index (χ4v) is 6.21. The van der Waals surface area contributed by atoms with Gasteiger partial charge in [0.2, 0.25) is 5.91 Å². The lowest BCUT2D eigenvalue weighted by atomic mass is 9.77. The summed E-state index contributed by atoms with van der Waals surface area (Å²) in [5.74, 6) is 0.571. The van der Waals surface area contributed by atoms with Gasteiger partial charge in [-0.1, -0.05) is 56.5 Å². The summed E-state index contributed by atoms with van der Waals surface area (Å²) < 4.78 is 5.41. The van der Waals surface area contributed by atoms with E-state index in [-0.39, 0.29) is 23.9 Å². The molecule has 0 radical (unpaired) electrons. The highest BCUT2D eigenvalue weighted by Crippen LogP contribution is 2.46. The average molecular weight is 476 g/mol. The number of hydrogen-bond donors (Lipinski definition) is 0. The zero-order valence-corrected chi connectivity index (χ0v) is 21.0. The molecule has 2 amide bonds. The van der Waals surface area contributed by atoms with Gasteiger partial charge in [-0.05, 0) is 48.7 Å². The van der Waals surface area contributed by atoms with Crippen molar-refractivity contribution in [3.63, 3.8) is 0 Å². The Bertz CT molecular complexity index is 1040. The lowest BCUT2D eigenvalue weighted by Crippen LogP contribution is -2.55. The molecule has 1 saturated carbocycles. The van der Waals surface area contributed by atoms with Crippen molar-refractivity contribution in [3.05, 3.63) is 65.2 Å². The Balaban J connectivity index is 1.60.